The Bertz CT molecular complexity index is 945. The fourth-order valence-electron chi connectivity index (χ4n) is 3.06. The van der Waals surface area contributed by atoms with E-state index in [1.807, 2.05) is 22.9 Å². The molecule has 136 valence electrons. The molecule has 26 heavy (non-hydrogen) atoms. The molecule has 1 saturated heterocycles. The molecule has 0 amide bonds. The van der Waals surface area contributed by atoms with Crippen molar-refractivity contribution in [2.24, 2.45) is 5.73 Å². The lowest BCUT2D eigenvalue weighted by Gasteiger charge is -2.37. The van der Waals surface area contributed by atoms with Crippen LogP contribution in [0.1, 0.15) is 19.8 Å². The molecule has 0 radical (unpaired) electrons. The van der Waals surface area contributed by atoms with E-state index in [1.165, 1.54) is 11.8 Å². The second-order valence-electron chi connectivity index (χ2n) is 6.80. The number of aromatic nitrogens is 4. The lowest BCUT2D eigenvalue weighted by molar-refractivity contribution is 0.363. The maximum Gasteiger partial charge on any atom is 0.177 e. The van der Waals surface area contributed by atoms with Gasteiger partial charge in [-0.3, -0.25) is 4.40 Å². The van der Waals surface area contributed by atoms with Crippen LogP contribution in [0.3, 0.4) is 0 Å². The Morgan fingerprint density at radius 1 is 1.19 bits per heavy atom. The number of fused-ring (bicyclic) bond motifs is 1. The first-order valence-electron chi connectivity index (χ1n) is 8.38. The van der Waals surface area contributed by atoms with E-state index in [-0.39, 0.29) is 5.54 Å². The Kier molecular flexibility index (Phi) is 4.42. The molecule has 0 spiro atoms. The average Bonchev–Trinajstić information content (AvgIpc) is 3.02. The van der Waals surface area contributed by atoms with Crippen LogP contribution in [-0.2, 0) is 0 Å². The zero-order chi connectivity index (χ0) is 18.3. The van der Waals surface area contributed by atoms with Gasteiger partial charge in [0.25, 0.3) is 0 Å². The van der Waals surface area contributed by atoms with Gasteiger partial charge in [0.05, 0.1) is 11.2 Å². The van der Waals surface area contributed by atoms with Crippen molar-refractivity contribution >= 4 is 40.5 Å². The molecule has 3 aromatic heterocycles. The smallest absolute Gasteiger partial charge is 0.177 e. The van der Waals surface area contributed by atoms with Gasteiger partial charge in [0.15, 0.2) is 11.0 Å². The maximum absolute atomic E-state index is 6.26. The number of piperidine rings is 1. The van der Waals surface area contributed by atoms with Gasteiger partial charge in [-0.25, -0.2) is 15.0 Å². The molecular weight excluding hydrogens is 370 g/mol. The van der Waals surface area contributed by atoms with Gasteiger partial charge in [-0.15, -0.1) is 0 Å². The van der Waals surface area contributed by atoms with Gasteiger partial charge in [0.1, 0.15) is 11.3 Å². The quantitative estimate of drug-likeness (QED) is 0.710. The van der Waals surface area contributed by atoms with Gasteiger partial charge in [0.2, 0.25) is 0 Å². The predicted molar refractivity (Wildman–Crippen MR) is 105 cm³/mol. The minimum atomic E-state index is -0.0964. The maximum atomic E-state index is 6.26. The SMILES string of the molecule is CC1(N)CCN(c2nccn3c(Sc4ccnc(N)c4Cl)ncc23)CC1. The normalized spacial score (nSPS) is 17.0. The summed E-state index contributed by atoms with van der Waals surface area (Å²) in [5, 5.41) is 1.25. The van der Waals surface area contributed by atoms with Gasteiger partial charge in [-0.1, -0.05) is 11.6 Å². The highest BCUT2D eigenvalue weighted by Crippen LogP contribution is 2.36. The third-order valence-corrected chi connectivity index (χ3v) is 6.25. The molecule has 4 rings (SSSR count). The molecule has 0 saturated carbocycles. The summed E-state index contributed by atoms with van der Waals surface area (Å²) in [5.74, 6) is 1.25. The molecule has 0 bridgehead atoms. The van der Waals surface area contributed by atoms with E-state index in [0.717, 1.165) is 47.3 Å². The highest BCUT2D eigenvalue weighted by atomic mass is 35.5. The van der Waals surface area contributed by atoms with Gasteiger partial charge in [-0.05, 0) is 37.6 Å². The van der Waals surface area contributed by atoms with E-state index in [2.05, 4.69) is 26.8 Å². The second kappa shape index (κ2) is 6.61. The fraction of sp³-hybridized carbons (Fsp3) is 0.353. The summed E-state index contributed by atoms with van der Waals surface area (Å²) in [6.07, 6.45) is 9.08. The summed E-state index contributed by atoms with van der Waals surface area (Å²) >= 11 is 7.72. The number of nitrogen functional groups attached to an aromatic ring is 1. The molecule has 0 aromatic carbocycles. The van der Waals surface area contributed by atoms with Crippen LogP contribution >= 0.6 is 23.4 Å². The molecule has 1 aliphatic rings. The number of nitrogens with two attached hydrogens (primary N) is 2. The number of nitrogens with zero attached hydrogens (tertiary/aromatic N) is 5. The average molecular weight is 390 g/mol. The molecule has 0 unspecified atom stereocenters. The Hall–Kier alpha value is -2.03. The second-order valence-corrected chi connectivity index (χ2v) is 8.19. The standard InChI is InChI=1S/C17H20ClN7S/c1-17(20)3-7-24(8-4-17)15-11-10-23-16(25(11)9-6-22-15)26-12-2-5-21-14(19)13(12)18/h2,5-6,9-10H,3-4,7-8,20H2,1H3,(H2,19,21). The zero-order valence-electron chi connectivity index (χ0n) is 14.4. The number of anilines is 2. The third-order valence-electron chi connectivity index (χ3n) is 4.69. The largest absolute Gasteiger partial charge is 0.382 e. The van der Waals surface area contributed by atoms with E-state index >= 15 is 0 Å². The van der Waals surface area contributed by atoms with Crippen LogP contribution in [0.25, 0.3) is 5.52 Å². The molecular formula is C17H20ClN7S. The minimum Gasteiger partial charge on any atom is -0.382 e. The van der Waals surface area contributed by atoms with Crippen LogP contribution in [0.4, 0.5) is 11.6 Å². The summed E-state index contributed by atoms with van der Waals surface area (Å²) in [7, 11) is 0. The molecule has 7 nitrogen and oxygen atoms in total. The molecule has 9 heteroatoms. The van der Waals surface area contributed by atoms with E-state index in [0.29, 0.717) is 10.8 Å². The van der Waals surface area contributed by atoms with Crippen molar-refractivity contribution in [2.75, 3.05) is 23.7 Å². The van der Waals surface area contributed by atoms with Crippen molar-refractivity contribution in [2.45, 2.75) is 35.4 Å². The number of imidazole rings is 1. The van der Waals surface area contributed by atoms with E-state index in [1.54, 1.807) is 12.4 Å². The van der Waals surface area contributed by atoms with Crippen molar-refractivity contribution in [1.29, 1.82) is 0 Å². The van der Waals surface area contributed by atoms with Crippen LogP contribution in [0.2, 0.25) is 5.02 Å². The van der Waals surface area contributed by atoms with Crippen molar-refractivity contribution in [3.05, 3.63) is 35.9 Å². The van der Waals surface area contributed by atoms with Crippen LogP contribution in [0, 0.1) is 0 Å². The molecule has 1 aliphatic heterocycles. The van der Waals surface area contributed by atoms with Crippen molar-refractivity contribution < 1.29 is 0 Å². The highest BCUT2D eigenvalue weighted by molar-refractivity contribution is 7.99. The fourth-order valence-corrected chi connectivity index (χ4v) is 4.17. The monoisotopic (exact) mass is 389 g/mol. The first kappa shape index (κ1) is 17.4. The molecule has 0 atom stereocenters. The van der Waals surface area contributed by atoms with Crippen molar-refractivity contribution in [3.63, 3.8) is 0 Å². The summed E-state index contributed by atoms with van der Waals surface area (Å²) in [6.45, 7) is 3.89. The van der Waals surface area contributed by atoms with Crippen LogP contribution in [0.15, 0.2) is 40.9 Å². The Morgan fingerprint density at radius 3 is 2.73 bits per heavy atom. The Labute approximate surface area is 160 Å². The van der Waals surface area contributed by atoms with E-state index in [9.17, 15) is 0 Å². The van der Waals surface area contributed by atoms with E-state index < -0.39 is 0 Å². The van der Waals surface area contributed by atoms with Crippen LogP contribution < -0.4 is 16.4 Å². The summed E-state index contributed by atoms with van der Waals surface area (Å²) < 4.78 is 2.02. The number of rotatable bonds is 3. The van der Waals surface area contributed by atoms with Crippen molar-refractivity contribution in [1.82, 2.24) is 19.4 Å². The van der Waals surface area contributed by atoms with Gasteiger partial charge < -0.3 is 16.4 Å². The van der Waals surface area contributed by atoms with Crippen molar-refractivity contribution in [3.8, 4) is 0 Å². The molecule has 4 heterocycles. The first-order chi connectivity index (χ1) is 12.4. The number of halogens is 1. The van der Waals surface area contributed by atoms with Crippen LogP contribution in [-0.4, -0.2) is 38.0 Å². The molecule has 4 N–H and O–H groups in total. The summed E-state index contributed by atoms with van der Waals surface area (Å²) in [4.78, 5) is 16.2. The zero-order valence-corrected chi connectivity index (χ0v) is 16.0. The van der Waals surface area contributed by atoms with E-state index in [4.69, 9.17) is 23.1 Å². The topological polar surface area (TPSA) is 98.4 Å². The Balaban J connectivity index is 1.66. The summed E-state index contributed by atoms with van der Waals surface area (Å²) in [5.41, 5.74) is 12.9. The number of hydrogen-bond acceptors (Lipinski definition) is 7. The molecule has 0 aliphatic carbocycles. The highest BCUT2D eigenvalue weighted by Gasteiger charge is 2.27. The minimum absolute atomic E-state index is 0.0964. The first-order valence-corrected chi connectivity index (χ1v) is 9.58. The van der Waals surface area contributed by atoms with Gasteiger partial charge >= 0.3 is 0 Å². The lowest BCUT2D eigenvalue weighted by Crippen LogP contribution is -2.48. The number of hydrogen-bond donors (Lipinski definition) is 2. The predicted octanol–water partition coefficient (Wildman–Crippen LogP) is 2.83. The van der Waals surface area contributed by atoms with Crippen LogP contribution in [0.5, 0.6) is 0 Å². The third kappa shape index (κ3) is 3.20. The summed E-state index contributed by atoms with van der Waals surface area (Å²) in [6, 6.07) is 1.83. The van der Waals surface area contributed by atoms with Gasteiger partial charge in [-0.2, -0.15) is 0 Å². The Morgan fingerprint density at radius 2 is 1.96 bits per heavy atom. The molecule has 3 aromatic rings. The lowest BCUT2D eigenvalue weighted by atomic mass is 9.91. The number of pyridine rings is 1. The molecule has 1 fully saturated rings. The van der Waals surface area contributed by atoms with Gasteiger partial charge in [0, 0.05) is 42.1 Å².